The molecule has 0 aromatic carbocycles. The van der Waals surface area contributed by atoms with Crippen LogP contribution in [0, 0.1) is 0 Å². The molecule has 0 radical (unpaired) electrons. The number of carbonyl (C=O) groups is 2. The van der Waals surface area contributed by atoms with E-state index in [1.165, 1.54) is 16.7 Å². The van der Waals surface area contributed by atoms with Crippen molar-refractivity contribution in [2.75, 3.05) is 11.9 Å². The van der Waals surface area contributed by atoms with E-state index in [-0.39, 0.29) is 17.6 Å². The van der Waals surface area contributed by atoms with E-state index in [0.29, 0.717) is 18.1 Å². The van der Waals surface area contributed by atoms with E-state index in [1.54, 1.807) is 0 Å². The monoisotopic (exact) mass is 241 g/mol. The van der Waals surface area contributed by atoms with Crippen molar-refractivity contribution in [3.63, 3.8) is 0 Å². The molecule has 16 heavy (non-hydrogen) atoms. The normalized spacial score (nSPS) is 20.2. The Labute approximate surface area is 95.7 Å². The van der Waals surface area contributed by atoms with Crippen molar-refractivity contribution >= 4 is 28.3 Å². The van der Waals surface area contributed by atoms with Crippen molar-refractivity contribution in [2.45, 2.75) is 18.9 Å². The Hall–Kier alpha value is -1.63. The van der Waals surface area contributed by atoms with Gasteiger partial charge < -0.3 is 15.7 Å². The van der Waals surface area contributed by atoms with E-state index in [4.69, 9.17) is 5.11 Å². The number of aromatic nitrogens is 1. The first kappa shape index (κ1) is 10.9. The number of nitrogens with one attached hydrogen (secondary N) is 2. The van der Waals surface area contributed by atoms with Crippen LogP contribution in [0.1, 0.15) is 23.3 Å². The number of carbonyl (C=O) groups excluding carboxylic acids is 1. The van der Waals surface area contributed by atoms with E-state index < -0.39 is 5.97 Å². The Balaban J connectivity index is 1.93. The highest BCUT2D eigenvalue weighted by atomic mass is 32.1. The number of thiazole rings is 1. The lowest BCUT2D eigenvalue weighted by molar-refractivity contribution is -0.122. The Morgan fingerprint density at radius 2 is 2.50 bits per heavy atom. The van der Waals surface area contributed by atoms with E-state index in [9.17, 15) is 9.59 Å². The van der Waals surface area contributed by atoms with Gasteiger partial charge in [-0.3, -0.25) is 4.79 Å². The van der Waals surface area contributed by atoms with Crippen molar-refractivity contribution in [3.05, 3.63) is 11.1 Å². The van der Waals surface area contributed by atoms with Crippen LogP contribution in [0.15, 0.2) is 5.38 Å². The van der Waals surface area contributed by atoms with Gasteiger partial charge in [0.15, 0.2) is 10.8 Å². The van der Waals surface area contributed by atoms with Gasteiger partial charge in [-0.05, 0) is 6.42 Å². The molecule has 2 heterocycles. The molecule has 0 bridgehead atoms. The molecule has 1 aliphatic rings. The maximum atomic E-state index is 10.9. The van der Waals surface area contributed by atoms with Gasteiger partial charge in [-0.2, -0.15) is 0 Å². The van der Waals surface area contributed by atoms with Gasteiger partial charge in [0.05, 0.1) is 0 Å². The quantitative estimate of drug-likeness (QED) is 0.718. The van der Waals surface area contributed by atoms with Gasteiger partial charge in [-0.1, -0.05) is 0 Å². The molecule has 1 fully saturated rings. The summed E-state index contributed by atoms with van der Waals surface area (Å²) in [6.45, 7) is 0.556. The van der Waals surface area contributed by atoms with Crippen LogP contribution in [0.3, 0.4) is 0 Å². The second-order valence-corrected chi connectivity index (χ2v) is 4.39. The molecule has 1 unspecified atom stereocenters. The first-order chi connectivity index (χ1) is 7.65. The minimum absolute atomic E-state index is 0.0485. The summed E-state index contributed by atoms with van der Waals surface area (Å²) in [5, 5.41) is 16.6. The number of hydrogen-bond acceptors (Lipinski definition) is 5. The molecule has 1 saturated heterocycles. The summed E-state index contributed by atoms with van der Waals surface area (Å²) in [5.74, 6) is -0.968. The topological polar surface area (TPSA) is 91.3 Å². The largest absolute Gasteiger partial charge is 0.476 e. The zero-order valence-corrected chi connectivity index (χ0v) is 9.21. The zero-order chi connectivity index (χ0) is 11.5. The third-order valence-electron chi connectivity index (χ3n) is 2.32. The van der Waals surface area contributed by atoms with Gasteiger partial charge in [-0.25, -0.2) is 9.78 Å². The summed E-state index contributed by atoms with van der Waals surface area (Å²) in [5.41, 5.74) is 0.0485. The summed E-state index contributed by atoms with van der Waals surface area (Å²) in [6.07, 6.45) is 1.24. The highest BCUT2D eigenvalue weighted by molar-refractivity contribution is 7.13. The number of carboxylic acid groups (broad SMARTS) is 1. The minimum atomic E-state index is -1.03. The SMILES string of the molecule is O=C1CCC(Nc2nc(C(=O)O)cs2)CN1. The molecule has 0 aliphatic carbocycles. The maximum Gasteiger partial charge on any atom is 0.355 e. The molecule has 3 N–H and O–H groups in total. The van der Waals surface area contributed by atoms with Crippen LogP contribution in [0.4, 0.5) is 5.13 Å². The van der Waals surface area contributed by atoms with Crippen LogP contribution < -0.4 is 10.6 Å². The molecule has 7 heteroatoms. The van der Waals surface area contributed by atoms with E-state index in [0.717, 1.165) is 6.42 Å². The number of hydrogen-bond donors (Lipinski definition) is 3. The number of anilines is 1. The van der Waals surface area contributed by atoms with E-state index in [2.05, 4.69) is 15.6 Å². The van der Waals surface area contributed by atoms with Crippen LogP contribution in [0.2, 0.25) is 0 Å². The van der Waals surface area contributed by atoms with Gasteiger partial charge in [-0.15, -0.1) is 11.3 Å². The van der Waals surface area contributed by atoms with Crippen LogP contribution in [0.25, 0.3) is 0 Å². The summed E-state index contributed by atoms with van der Waals surface area (Å²) in [7, 11) is 0. The summed E-state index contributed by atoms with van der Waals surface area (Å²) >= 11 is 1.26. The zero-order valence-electron chi connectivity index (χ0n) is 8.40. The van der Waals surface area contributed by atoms with Crippen molar-refractivity contribution in [2.24, 2.45) is 0 Å². The first-order valence-corrected chi connectivity index (χ1v) is 5.75. The van der Waals surface area contributed by atoms with Crippen LogP contribution >= 0.6 is 11.3 Å². The van der Waals surface area contributed by atoms with Crippen LogP contribution in [0.5, 0.6) is 0 Å². The van der Waals surface area contributed by atoms with E-state index in [1.807, 2.05) is 0 Å². The number of aromatic carboxylic acids is 1. The van der Waals surface area contributed by atoms with Crippen molar-refractivity contribution in [3.8, 4) is 0 Å². The Morgan fingerprint density at radius 1 is 1.69 bits per heavy atom. The number of rotatable bonds is 3. The summed E-state index contributed by atoms with van der Waals surface area (Å²) in [4.78, 5) is 25.5. The van der Waals surface area contributed by atoms with Crippen LogP contribution in [-0.2, 0) is 4.79 Å². The van der Waals surface area contributed by atoms with Crippen molar-refractivity contribution < 1.29 is 14.7 Å². The lowest BCUT2D eigenvalue weighted by Crippen LogP contribution is -2.41. The van der Waals surface area contributed by atoms with Crippen molar-refractivity contribution in [1.82, 2.24) is 10.3 Å². The second kappa shape index (κ2) is 4.48. The molecule has 0 saturated carbocycles. The fraction of sp³-hybridized carbons (Fsp3) is 0.444. The van der Waals surface area contributed by atoms with Gasteiger partial charge in [0.1, 0.15) is 0 Å². The predicted molar refractivity (Wildman–Crippen MR) is 58.7 cm³/mol. The van der Waals surface area contributed by atoms with Gasteiger partial charge >= 0.3 is 5.97 Å². The average Bonchev–Trinajstić information content (AvgIpc) is 2.70. The second-order valence-electron chi connectivity index (χ2n) is 3.53. The van der Waals surface area contributed by atoms with Gasteiger partial charge in [0.25, 0.3) is 0 Å². The predicted octanol–water partition coefficient (Wildman–Crippen LogP) is 0.532. The Morgan fingerprint density at radius 3 is 3.06 bits per heavy atom. The fourth-order valence-corrected chi connectivity index (χ4v) is 2.23. The molecule has 1 aromatic heterocycles. The van der Waals surface area contributed by atoms with Crippen LogP contribution in [-0.4, -0.2) is 34.6 Å². The lowest BCUT2D eigenvalue weighted by atomic mass is 10.1. The smallest absolute Gasteiger partial charge is 0.355 e. The Kier molecular flexibility index (Phi) is 3.04. The number of nitrogens with zero attached hydrogens (tertiary/aromatic N) is 1. The third-order valence-corrected chi connectivity index (χ3v) is 3.09. The molecular weight excluding hydrogens is 230 g/mol. The molecule has 2 rings (SSSR count). The van der Waals surface area contributed by atoms with E-state index >= 15 is 0 Å². The minimum Gasteiger partial charge on any atom is -0.476 e. The number of carboxylic acids is 1. The molecular formula is C9H11N3O3S. The molecule has 6 nitrogen and oxygen atoms in total. The Bertz CT molecular complexity index is 408. The maximum absolute atomic E-state index is 10.9. The average molecular weight is 241 g/mol. The number of piperidine rings is 1. The molecule has 1 aromatic rings. The molecule has 1 atom stereocenters. The molecule has 86 valence electrons. The highest BCUT2D eigenvalue weighted by Crippen LogP contribution is 2.18. The summed E-state index contributed by atoms with van der Waals surface area (Å²) < 4.78 is 0. The first-order valence-electron chi connectivity index (χ1n) is 4.87. The number of amides is 1. The van der Waals surface area contributed by atoms with Gasteiger partial charge in [0, 0.05) is 24.4 Å². The fourth-order valence-electron chi connectivity index (χ4n) is 1.47. The summed E-state index contributed by atoms with van der Waals surface area (Å²) in [6, 6.07) is 0.130. The third kappa shape index (κ3) is 2.48. The lowest BCUT2D eigenvalue weighted by Gasteiger charge is -2.22. The van der Waals surface area contributed by atoms with Gasteiger partial charge in [0.2, 0.25) is 5.91 Å². The van der Waals surface area contributed by atoms with Crippen molar-refractivity contribution in [1.29, 1.82) is 0 Å². The standard InChI is InChI=1S/C9H11N3O3S/c13-7-2-1-5(3-10-7)11-9-12-6(4-16-9)8(14)15/h4-5H,1-3H2,(H,10,13)(H,11,12)(H,14,15). The molecule has 1 amide bonds. The highest BCUT2D eigenvalue weighted by Gasteiger charge is 2.19. The molecule has 0 spiro atoms. The molecule has 1 aliphatic heterocycles.